The van der Waals surface area contributed by atoms with Gasteiger partial charge in [-0.2, -0.15) is 0 Å². The van der Waals surface area contributed by atoms with E-state index in [1.165, 1.54) is 0 Å². The highest BCUT2D eigenvalue weighted by Crippen LogP contribution is 2.42. The third kappa shape index (κ3) is 4.81. The summed E-state index contributed by atoms with van der Waals surface area (Å²) in [4.78, 5) is 47.5. The quantitative estimate of drug-likeness (QED) is 0.328. The minimum Gasteiger partial charge on any atom is -0.424 e. The summed E-state index contributed by atoms with van der Waals surface area (Å²) in [5.74, 6) is -1.38. The molecule has 12 nitrogen and oxygen atoms in total. The number of carbonyl (C=O) groups is 1. The van der Waals surface area contributed by atoms with Crippen LogP contribution in [0.3, 0.4) is 0 Å². The van der Waals surface area contributed by atoms with Crippen molar-refractivity contribution in [1.29, 1.82) is 0 Å². The standard InChI is InChI=1S/C20H18ClN3O9/c1-10-18(15-9-30-19(14(15)8-22-10)11-2-4-13(21)5-3-11)31-20(25)12-6-16(32-23(26)27)17(7-12)33-24(28)29/h2-5,8,12,16-17,19H,6-7,9H2,1H3/t12?,16-,17+,19-/m0/s1. The zero-order chi connectivity index (χ0) is 23.7. The number of benzene rings is 1. The summed E-state index contributed by atoms with van der Waals surface area (Å²) < 4.78 is 11.5. The van der Waals surface area contributed by atoms with E-state index in [0.29, 0.717) is 16.3 Å². The molecule has 0 amide bonds. The Morgan fingerprint density at radius 2 is 1.73 bits per heavy atom. The molecular formula is C20H18ClN3O9. The molecule has 0 radical (unpaired) electrons. The van der Waals surface area contributed by atoms with Crippen LogP contribution in [0.25, 0.3) is 0 Å². The number of fused-ring (bicyclic) bond motifs is 1. The number of hydrogen-bond acceptors (Lipinski definition) is 10. The molecule has 2 heterocycles. The minimum absolute atomic E-state index is 0.163. The molecule has 2 aromatic rings. The van der Waals surface area contributed by atoms with Crippen molar-refractivity contribution in [3.8, 4) is 5.75 Å². The number of rotatable bonds is 7. The van der Waals surface area contributed by atoms with Gasteiger partial charge in [0.1, 0.15) is 18.3 Å². The van der Waals surface area contributed by atoms with E-state index in [2.05, 4.69) is 14.7 Å². The molecule has 0 bridgehead atoms. The van der Waals surface area contributed by atoms with Crippen LogP contribution >= 0.6 is 11.6 Å². The van der Waals surface area contributed by atoms with Crippen LogP contribution in [0.4, 0.5) is 0 Å². The molecule has 1 fully saturated rings. The molecule has 1 aromatic carbocycles. The molecule has 1 unspecified atom stereocenters. The number of pyridine rings is 1. The topological polar surface area (TPSA) is 153 Å². The Labute approximate surface area is 191 Å². The maximum Gasteiger partial charge on any atom is 0.314 e. The number of halogens is 1. The Morgan fingerprint density at radius 3 is 2.30 bits per heavy atom. The van der Waals surface area contributed by atoms with E-state index in [-0.39, 0.29) is 25.2 Å². The molecule has 1 saturated carbocycles. The van der Waals surface area contributed by atoms with Gasteiger partial charge in [0.25, 0.3) is 10.2 Å². The summed E-state index contributed by atoms with van der Waals surface area (Å²) in [6.07, 6.45) is -1.60. The van der Waals surface area contributed by atoms with Crippen molar-refractivity contribution >= 4 is 17.6 Å². The summed E-state index contributed by atoms with van der Waals surface area (Å²) in [6, 6.07) is 7.15. The van der Waals surface area contributed by atoms with Gasteiger partial charge in [-0.05, 0) is 37.5 Å². The molecule has 4 atom stereocenters. The second-order valence-corrected chi connectivity index (χ2v) is 8.11. The van der Waals surface area contributed by atoms with E-state index in [1.54, 1.807) is 25.3 Å². The largest absolute Gasteiger partial charge is 0.424 e. The molecule has 4 rings (SSSR count). The first kappa shape index (κ1) is 22.7. The van der Waals surface area contributed by atoms with Crippen LogP contribution in [0, 0.1) is 33.1 Å². The Balaban J connectivity index is 1.53. The first-order valence-electron chi connectivity index (χ1n) is 9.92. The predicted octanol–water partition coefficient (Wildman–Crippen LogP) is 3.13. The monoisotopic (exact) mass is 479 g/mol. The van der Waals surface area contributed by atoms with Crippen molar-refractivity contribution in [3.63, 3.8) is 0 Å². The van der Waals surface area contributed by atoms with E-state index in [4.69, 9.17) is 21.1 Å². The normalized spacial score (nSPS) is 23.6. The van der Waals surface area contributed by atoms with Crippen molar-refractivity contribution in [2.45, 2.75) is 44.7 Å². The van der Waals surface area contributed by atoms with Crippen LogP contribution in [0.1, 0.15) is 41.3 Å². The fraction of sp³-hybridized carbons (Fsp3) is 0.400. The van der Waals surface area contributed by atoms with E-state index in [0.717, 1.165) is 11.1 Å². The molecule has 0 spiro atoms. The minimum atomic E-state index is -1.26. The lowest BCUT2D eigenvalue weighted by molar-refractivity contribution is -0.797. The van der Waals surface area contributed by atoms with Gasteiger partial charge in [-0.15, -0.1) is 20.2 Å². The molecule has 1 aromatic heterocycles. The van der Waals surface area contributed by atoms with Crippen LogP contribution in [0.2, 0.25) is 5.02 Å². The third-order valence-corrected chi connectivity index (χ3v) is 5.88. The maximum atomic E-state index is 12.9. The summed E-state index contributed by atoms with van der Waals surface area (Å²) in [5.41, 5.74) is 2.71. The SMILES string of the molecule is Cc1ncc2c(c1OC(=O)C1C[C@H](O[N+](=O)[O-])[C@H](O[N+](=O)[O-])C1)CO[C@H]2c1ccc(Cl)cc1. The number of esters is 1. The first-order valence-corrected chi connectivity index (χ1v) is 10.3. The van der Waals surface area contributed by atoms with Gasteiger partial charge in [-0.1, -0.05) is 23.7 Å². The van der Waals surface area contributed by atoms with Crippen LogP contribution in [-0.4, -0.2) is 33.3 Å². The molecule has 0 N–H and O–H groups in total. The van der Waals surface area contributed by atoms with Crippen LogP contribution < -0.4 is 4.74 Å². The number of ether oxygens (including phenoxy) is 2. The molecule has 33 heavy (non-hydrogen) atoms. The van der Waals surface area contributed by atoms with Crippen molar-refractivity contribution in [1.82, 2.24) is 4.98 Å². The van der Waals surface area contributed by atoms with Gasteiger partial charge >= 0.3 is 5.97 Å². The van der Waals surface area contributed by atoms with Gasteiger partial charge in [0.2, 0.25) is 0 Å². The summed E-state index contributed by atoms with van der Waals surface area (Å²) in [5, 5.41) is 19.9. The van der Waals surface area contributed by atoms with Crippen LogP contribution in [0.5, 0.6) is 5.75 Å². The lowest BCUT2D eigenvalue weighted by Gasteiger charge is -2.15. The first-order chi connectivity index (χ1) is 15.7. The zero-order valence-corrected chi connectivity index (χ0v) is 18.0. The summed E-state index contributed by atoms with van der Waals surface area (Å²) in [7, 11) is 0. The fourth-order valence-electron chi connectivity index (χ4n) is 4.11. The average molecular weight is 480 g/mol. The number of hydrogen-bond donors (Lipinski definition) is 0. The zero-order valence-electron chi connectivity index (χ0n) is 17.2. The molecular weight excluding hydrogens is 462 g/mol. The summed E-state index contributed by atoms with van der Waals surface area (Å²) in [6.45, 7) is 1.85. The van der Waals surface area contributed by atoms with Crippen LogP contribution in [0.15, 0.2) is 30.5 Å². The van der Waals surface area contributed by atoms with Gasteiger partial charge < -0.3 is 19.1 Å². The van der Waals surface area contributed by atoms with E-state index in [1.807, 2.05) is 12.1 Å². The van der Waals surface area contributed by atoms with E-state index < -0.39 is 40.4 Å². The molecule has 13 heteroatoms. The smallest absolute Gasteiger partial charge is 0.314 e. The summed E-state index contributed by atoms with van der Waals surface area (Å²) >= 11 is 5.96. The van der Waals surface area contributed by atoms with Crippen molar-refractivity contribution in [2.24, 2.45) is 5.92 Å². The Kier molecular flexibility index (Phi) is 6.29. The average Bonchev–Trinajstić information content (AvgIpc) is 3.34. The number of nitrogens with zero attached hydrogens (tertiary/aromatic N) is 3. The van der Waals surface area contributed by atoms with Crippen molar-refractivity contribution in [2.75, 3.05) is 0 Å². The van der Waals surface area contributed by atoms with Gasteiger partial charge in [0.15, 0.2) is 5.75 Å². The number of aryl methyl sites for hydroxylation is 1. The van der Waals surface area contributed by atoms with Crippen LogP contribution in [-0.2, 0) is 25.8 Å². The highest BCUT2D eigenvalue weighted by molar-refractivity contribution is 6.30. The van der Waals surface area contributed by atoms with E-state index >= 15 is 0 Å². The van der Waals surface area contributed by atoms with E-state index in [9.17, 15) is 25.0 Å². The molecule has 2 aliphatic rings. The van der Waals surface area contributed by atoms with Gasteiger partial charge in [0, 0.05) is 22.3 Å². The number of aromatic nitrogens is 1. The Hall–Kier alpha value is -3.51. The molecule has 1 aliphatic carbocycles. The second kappa shape index (κ2) is 9.16. The number of carbonyl (C=O) groups excluding carboxylic acids is 1. The highest BCUT2D eigenvalue weighted by atomic mass is 35.5. The van der Waals surface area contributed by atoms with Gasteiger partial charge in [-0.25, -0.2) is 0 Å². The fourth-order valence-corrected chi connectivity index (χ4v) is 4.24. The van der Waals surface area contributed by atoms with Gasteiger partial charge in [-0.3, -0.25) is 9.78 Å². The second-order valence-electron chi connectivity index (χ2n) is 7.67. The Bertz CT molecular complexity index is 1070. The lowest BCUT2D eigenvalue weighted by Crippen LogP contribution is -2.30. The predicted molar refractivity (Wildman–Crippen MR) is 109 cm³/mol. The van der Waals surface area contributed by atoms with Gasteiger partial charge in [0.05, 0.1) is 18.2 Å². The van der Waals surface area contributed by atoms with Crippen molar-refractivity contribution in [3.05, 3.63) is 78.1 Å². The molecule has 174 valence electrons. The molecule has 1 aliphatic heterocycles. The lowest BCUT2D eigenvalue weighted by atomic mass is 10.00. The Morgan fingerprint density at radius 1 is 1.12 bits per heavy atom. The van der Waals surface area contributed by atoms with Crippen molar-refractivity contribution < 1.29 is 34.1 Å². The maximum absolute atomic E-state index is 12.9. The molecule has 0 saturated heterocycles. The highest BCUT2D eigenvalue weighted by Gasteiger charge is 2.44. The third-order valence-electron chi connectivity index (χ3n) is 5.63.